The van der Waals surface area contributed by atoms with Crippen LogP contribution in [0.25, 0.3) is 0 Å². The lowest BCUT2D eigenvalue weighted by molar-refractivity contribution is -0.115. The van der Waals surface area contributed by atoms with Crippen LogP contribution in [0.15, 0.2) is 41.3 Å². The minimum atomic E-state index is -0.497. The lowest BCUT2D eigenvalue weighted by atomic mass is 10.2. The number of anilines is 1. The standard InChI is InChI=1S/C20H22ClNO5S/c1-5-27-20(24)15-8-6-13(10-16(15)21)22-19(23)12(2)28-14-7-9-17(25-3)18(11-14)26-4/h6-12H,5H2,1-4H3,(H,22,23). The van der Waals surface area contributed by atoms with Crippen molar-refractivity contribution in [3.8, 4) is 11.5 Å². The summed E-state index contributed by atoms with van der Waals surface area (Å²) in [6, 6.07) is 10.1. The van der Waals surface area contributed by atoms with Crippen molar-refractivity contribution in [2.45, 2.75) is 24.0 Å². The molecule has 0 saturated heterocycles. The molecule has 0 saturated carbocycles. The Morgan fingerprint density at radius 1 is 1.11 bits per heavy atom. The van der Waals surface area contributed by atoms with E-state index >= 15 is 0 Å². The van der Waals surface area contributed by atoms with E-state index in [0.29, 0.717) is 17.2 Å². The van der Waals surface area contributed by atoms with Gasteiger partial charge in [-0.3, -0.25) is 4.79 Å². The first-order valence-electron chi connectivity index (χ1n) is 8.55. The Hall–Kier alpha value is -2.38. The predicted octanol–water partition coefficient (Wildman–Crippen LogP) is 4.65. The second-order valence-electron chi connectivity index (χ2n) is 5.68. The summed E-state index contributed by atoms with van der Waals surface area (Å²) in [6.45, 7) is 3.78. The fourth-order valence-electron chi connectivity index (χ4n) is 2.36. The van der Waals surface area contributed by atoms with E-state index in [-0.39, 0.29) is 28.4 Å². The van der Waals surface area contributed by atoms with Crippen LogP contribution in [0, 0.1) is 0 Å². The number of benzene rings is 2. The summed E-state index contributed by atoms with van der Waals surface area (Å²) in [5, 5.41) is 2.65. The quantitative estimate of drug-likeness (QED) is 0.492. The van der Waals surface area contributed by atoms with Crippen molar-refractivity contribution in [2.75, 3.05) is 26.1 Å². The molecule has 2 aromatic rings. The smallest absolute Gasteiger partial charge is 0.339 e. The molecular weight excluding hydrogens is 402 g/mol. The largest absolute Gasteiger partial charge is 0.493 e. The van der Waals surface area contributed by atoms with Gasteiger partial charge in [-0.25, -0.2) is 4.79 Å². The van der Waals surface area contributed by atoms with Crippen LogP contribution in [0.1, 0.15) is 24.2 Å². The normalized spacial score (nSPS) is 11.5. The highest BCUT2D eigenvalue weighted by Crippen LogP contribution is 2.34. The Morgan fingerprint density at radius 2 is 1.82 bits per heavy atom. The number of rotatable bonds is 8. The number of hydrogen-bond acceptors (Lipinski definition) is 6. The fraction of sp³-hybridized carbons (Fsp3) is 0.300. The van der Waals surface area contributed by atoms with E-state index in [4.69, 9.17) is 25.8 Å². The molecule has 2 rings (SSSR count). The van der Waals surface area contributed by atoms with Gasteiger partial charge in [0.1, 0.15) is 0 Å². The lowest BCUT2D eigenvalue weighted by Gasteiger charge is -2.14. The summed E-state index contributed by atoms with van der Waals surface area (Å²) in [5.74, 6) is 0.532. The van der Waals surface area contributed by atoms with Crippen molar-refractivity contribution in [1.82, 2.24) is 0 Å². The van der Waals surface area contributed by atoms with E-state index in [1.165, 1.54) is 23.9 Å². The third-order valence-electron chi connectivity index (χ3n) is 3.77. The Balaban J connectivity index is 2.04. The van der Waals surface area contributed by atoms with E-state index in [0.717, 1.165) is 4.90 Å². The molecule has 0 heterocycles. The second kappa shape index (κ2) is 10.2. The van der Waals surface area contributed by atoms with E-state index in [2.05, 4.69) is 5.32 Å². The number of esters is 1. The maximum atomic E-state index is 12.5. The highest BCUT2D eigenvalue weighted by molar-refractivity contribution is 8.00. The van der Waals surface area contributed by atoms with Crippen molar-refractivity contribution in [3.63, 3.8) is 0 Å². The Labute approximate surface area is 173 Å². The number of ether oxygens (including phenoxy) is 3. The van der Waals surface area contributed by atoms with Crippen molar-refractivity contribution < 1.29 is 23.8 Å². The van der Waals surface area contributed by atoms with Crippen LogP contribution < -0.4 is 14.8 Å². The maximum absolute atomic E-state index is 12.5. The first-order chi connectivity index (χ1) is 13.4. The molecule has 1 unspecified atom stereocenters. The summed E-state index contributed by atoms with van der Waals surface area (Å²) in [7, 11) is 3.13. The lowest BCUT2D eigenvalue weighted by Crippen LogP contribution is -2.22. The van der Waals surface area contributed by atoms with Crippen LogP contribution in [0.4, 0.5) is 5.69 Å². The minimum absolute atomic E-state index is 0.195. The van der Waals surface area contributed by atoms with E-state index in [9.17, 15) is 9.59 Å². The van der Waals surface area contributed by atoms with Gasteiger partial charge in [0.15, 0.2) is 11.5 Å². The number of carbonyl (C=O) groups is 2. The van der Waals surface area contributed by atoms with Gasteiger partial charge in [0.25, 0.3) is 0 Å². The number of halogens is 1. The number of methoxy groups -OCH3 is 2. The molecule has 0 fully saturated rings. The van der Waals surface area contributed by atoms with E-state index in [1.54, 1.807) is 40.2 Å². The zero-order valence-corrected chi connectivity index (χ0v) is 17.6. The van der Waals surface area contributed by atoms with Gasteiger partial charge in [0.2, 0.25) is 5.91 Å². The fourth-order valence-corrected chi connectivity index (χ4v) is 3.51. The molecule has 1 N–H and O–H groups in total. The highest BCUT2D eigenvalue weighted by Gasteiger charge is 2.17. The van der Waals surface area contributed by atoms with Gasteiger partial charge >= 0.3 is 5.97 Å². The molecule has 0 bridgehead atoms. The van der Waals surface area contributed by atoms with Crippen molar-refractivity contribution in [3.05, 3.63) is 47.0 Å². The van der Waals surface area contributed by atoms with Crippen molar-refractivity contribution in [2.24, 2.45) is 0 Å². The SMILES string of the molecule is CCOC(=O)c1ccc(NC(=O)C(C)Sc2ccc(OC)c(OC)c2)cc1Cl. The summed E-state index contributed by atoms with van der Waals surface area (Å²) < 4.78 is 15.4. The summed E-state index contributed by atoms with van der Waals surface area (Å²) >= 11 is 7.52. The number of thioether (sulfide) groups is 1. The second-order valence-corrected chi connectivity index (χ2v) is 7.50. The van der Waals surface area contributed by atoms with Crippen molar-refractivity contribution >= 4 is 40.9 Å². The Morgan fingerprint density at radius 3 is 2.43 bits per heavy atom. The molecule has 28 heavy (non-hydrogen) atoms. The highest BCUT2D eigenvalue weighted by atomic mass is 35.5. The Kier molecular flexibility index (Phi) is 8.02. The third kappa shape index (κ3) is 5.56. The topological polar surface area (TPSA) is 73.9 Å². The zero-order chi connectivity index (χ0) is 20.7. The molecule has 0 aliphatic heterocycles. The summed E-state index contributed by atoms with van der Waals surface area (Å²) in [5.41, 5.74) is 0.761. The van der Waals surface area contributed by atoms with Crippen LogP contribution >= 0.6 is 23.4 Å². The Bertz CT molecular complexity index is 858. The molecular formula is C20H22ClNO5S. The average Bonchev–Trinajstić information content (AvgIpc) is 2.67. The third-order valence-corrected chi connectivity index (χ3v) is 5.18. The molecule has 0 aliphatic rings. The average molecular weight is 424 g/mol. The van der Waals surface area contributed by atoms with Crippen molar-refractivity contribution in [1.29, 1.82) is 0 Å². The number of nitrogens with one attached hydrogen (secondary N) is 1. The molecule has 0 aromatic heterocycles. The van der Waals surface area contributed by atoms with Crippen LogP contribution in [0.5, 0.6) is 11.5 Å². The van der Waals surface area contributed by atoms with Gasteiger partial charge < -0.3 is 19.5 Å². The monoisotopic (exact) mass is 423 g/mol. The van der Waals surface area contributed by atoms with Gasteiger partial charge in [0, 0.05) is 10.6 Å². The predicted molar refractivity (Wildman–Crippen MR) is 111 cm³/mol. The molecule has 1 amide bonds. The maximum Gasteiger partial charge on any atom is 0.339 e. The first-order valence-corrected chi connectivity index (χ1v) is 9.81. The van der Waals surface area contributed by atoms with Crippen LogP contribution in [-0.2, 0) is 9.53 Å². The molecule has 6 nitrogen and oxygen atoms in total. The number of carbonyl (C=O) groups excluding carboxylic acids is 2. The summed E-state index contributed by atoms with van der Waals surface area (Å²) in [6.07, 6.45) is 0. The van der Waals surface area contributed by atoms with E-state index < -0.39 is 5.97 Å². The molecule has 0 aliphatic carbocycles. The van der Waals surface area contributed by atoms with Gasteiger partial charge in [-0.1, -0.05) is 11.6 Å². The van der Waals surface area contributed by atoms with Crippen LogP contribution in [-0.4, -0.2) is 38.0 Å². The van der Waals surface area contributed by atoms with Gasteiger partial charge in [-0.15, -0.1) is 11.8 Å². The summed E-state index contributed by atoms with van der Waals surface area (Å²) in [4.78, 5) is 25.2. The first kappa shape index (κ1) is 21.9. The zero-order valence-electron chi connectivity index (χ0n) is 16.1. The van der Waals surface area contributed by atoms with Crippen LogP contribution in [0.3, 0.4) is 0 Å². The van der Waals surface area contributed by atoms with Crippen LogP contribution in [0.2, 0.25) is 5.02 Å². The number of amides is 1. The molecule has 1 atom stereocenters. The van der Waals surface area contributed by atoms with Gasteiger partial charge in [-0.2, -0.15) is 0 Å². The van der Waals surface area contributed by atoms with Gasteiger partial charge in [-0.05, 0) is 50.2 Å². The molecule has 8 heteroatoms. The minimum Gasteiger partial charge on any atom is -0.493 e. The van der Waals surface area contributed by atoms with Gasteiger partial charge in [0.05, 0.1) is 36.7 Å². The number of hydrogen-bond donors (Lipinski definition) is 1. The molecule has 2 aromatic carbocycles. The molecule has 0 spiro atoms. The van der Waals surface area contributed by atoms with E-state index in [1.807, 2.05) is 12.1 Å². The molecule has 0 radical (unpaired) electrons. The molecule has 150 valence electrons.